The van der Waals surface area contributed by atoms with Crippen molar-refractivity contribution in [2.75, 3.05) is 18.5 Å². The van der Waals surface area contributed by atoms with Crippen molar-refractivity contribution >= 4 is 29.4 Å². The second kappa shape index (κ2) is 9.13. The summed E-state index contributed by atoms with van der Waals surface area (Å²) >= 11 is 0. The Hall–Kier alpha value is -4.46. The van der Waals surface area contributed by atoms with Gasteiger partial charge in [0, 0.05) is 11.8 Å². The number of nitrogens with zero attached hydrogens (tertiary/aromatic N) is 1. The maximum Gasteiger partial charge on any atom is 0.326 e. The molecule has 1 aliphatic heterocycles. The molecule has 160 valence electrons. The van der Waals surface area contributed by atoms with Crippen LogP contribution in [0.15, 0.2) is 78.9 Å². The average molecular weight is 430 g/mol. The molecule has 1 N–H and O–H groups in total. The second-order valence-electron chi connectivity index (χ2n) is 6.89. The summed E-state index contributed by atoms with van der Waals surface area (Å²) in [5, 5.41) is 2.61. The van der Waals surface area contributed by atoms with Gasteiger partial charge in [0.1, 0.15) is 18.0 Å². The number of nitrogens with one attached hydrogen (secondary N) is 1. The minimum absolute atomic E-state index is 0.237. The highest BCUT2D eigenvalue weighted by atomic mass is 16.5. The molecular weight excluding hydrogens is 412 g/mol. The number of para-hydroxylation sites is 1. The van der Waals surface area contributed by atoms with Gasteiger partial charge in [-0.25, -0.2) is 0 Å². The number of amides is 3. The molecule has 8 heteroatoms. The monoisotopic (exact) mass is 430 g/mol. The van der Waals surface area contributed by atoms with E-state index in [2.05, 4.69) is 5.32 Å². The van der Waals surface area contributed by atoms with Crippen molar-refractivity contribution in [1.82, 2.24) is 4.90 Å². The Balaban J connectivity index is 1.28. The number of hydrogen-bond acceptors (Lipinski definition) is 6. The summed E-state index contributed by atoms with van der Waals surface area (Å²) in [6.07, 6.45) is 0. The number of anilines is 1. The van der Waals surface area contributed by atoms with Gasteiger partial charge in [-0.2, -0.15) is 0 Å². The van der Waals surface area contributed by atoms with Gasteiger partial charge in [-0.3, -0.25) is 24.1 Å². The fraction of sp³-hybridized carbons (Fsp3) is 0.0833. The number of benzene rings is 3. The zero-order chi connectivity index (χ0) is 22.5. The first-order chi connectivity index (χ1) is 15.5. The zero-order valence-corrected chi connectivity index (χ0v) is 16.8. The van der Waals surface area contributed by atoms with Gasteiger partial charge in [-0.05, 0) is 36.4 Å². The number of imide groups is 1. The summed E-state index contributed by atoms with van der Waals surface area (Å²) in [6.45, 7) is -1.13. The highest BCUT2D eigenvalue weighted by Gasteiger charge is 2.36. The quantitative estimate of drug-likeness (QED) is 0.456. The van der Waals surface area contributed by atoms with Crippen LogP contribution in [-0.4, -0.2) is 41.7 Å². The number of hydrogen-bond donors (Lipinski definition) is 1. The number of fused-ring (bicyclic) bond motifs is 1. The van der Waals surface area contributed by atoms with Crippen molar-refractivity contribution < 1.29 is 28.7 Å². The molecule has 0 unspecified atom stereocenters. The van der Waals surface area contributed by atoms with Crippen molar-refractivity contribution in [3.63, 3.8) is 0 Å². The molecule has 0 fully saturated rings. The average Bonchev–Trinajstić information content (AvgIpc) is 3.04. The van der Waals surface area contributed by atoms with E-state index in [-0.39, 0.29) is 11.1 Å². The lowest BCUT2D eigenvalue weighted by Crippen LogP contribution is -2.36. The number of carbonyl (C=O) groups excluding carboxylic acids is 4. The molecular formula is C24H18N2O6. The maximum atomic E-state index is 12.3. The molecule has 4 rings (SSSR count). The third kappa shape index (κ3) is 4.65. The van der Waals surface area contributed by atoms with Gasteiger partial charge in [0.2, 0.25) is 0 Å². The zero-order valence-electron chi connectivity index (χ0n) is 16.8. The van der Waals surface area contributed by atoms with Gasteiger partial charge in [0.25, 0.3) is 17.7 Å². The smallest absolute Gasteiger partial charge is 0.326 e. The predicted molar refractivity (Wildman–Crippen MR) is 114 cm³/mol. The summed E-state index contributed by atoms with van der Waals surface area (Å²) in [5.41, 5.74) is 0.932. The molecule has 0 radical (unpaired) electrons. The van der Waals surface area contributed by atoms with Gasteiger partial charge in [0.15, 0.2) is 6.61 Å². The van der Waals surface area contributed by atoms with Crippen LogP contribution in [-0.2, 0) is 14.3 Å². The van der Waals surface area contributed by atoms with E-state index in [0.29, 0.717) is 17.2 Å². The molecule has 3 aromatic carbocycles. The fourth-order valence-corrected chi connectivity index (χ4v) is 3.16. The predicted octanol–water partition coefficient (Wildman–Crippen LogP) is 3.26. The molecule has 8 nitrogen and oxygen atoms in total. The van der Waals surface area contributed by atoms with Crippen LogP contribution in [0, 0.1) is 0 Å². The third-order valence-electron chi connectivity index (χ3n) is 4.63. The van der Waals surface area contributed by atoms with Crippen LogP contribution in [0.3, 0.4) is 0 Å². The van der Waals surface area contributed by atoms with E-state index in [1.54, 1.807) is 48.5 Å². The van der Waals surface area contributed by atoms with Crippen LogP contribution in [0.2, 0.25) is 0 Å². The lowest BCUT2D eigenvalue weighted by atomic mass is 10.1. The van der Waals surface area contributed by atoms with Gasteiger partial charge in [-0.1, -0.05) is 36.4 Å². The van der Waals surface area contributed by atoms with Crippen molar-refractivity contribution in [2.45, 2.75) is 0 Å². The topological polar surface area (TPSA) is 102 Å². The van der Waals surface area contributed by atoms with E-state index in [1.807, 2.05) is 18.2 Å². The molecule has 1 heterocycles. The Morgan fingerprint density at radius 2 is 1.41 bits per heavy atom. The lowest BCUT2D eigenvalue weighted by molar-refractivity contribution is -0.147. The Kier molecular flexibility index (Phi) is 5.94. The molecule has 0 saturated heterocycles. The van der Waals surface area contributed by atoms with Crippen molar-refractivity contribution in [3.05, 3.63) is 90.0 Å². The van der Waals surface area contributed by atoms with E-state index in [0.717, 1.165) is 4.90 Å². The Morgan fingerprint density at radius 3 is 2.09 bits per heavy atom. The fourth-order valence-electron chi connectivity index (χ4n) is 3.16. The summed E-state index contributed by atoms with van der Waals surface area (Å²) in [7, 11) is 0. The Labute approximate surface area is 183 Å². The lowest BCUT2D eigenvalue weighted by Gasteiger charge is -2.13. The first-order valence-corrected chi connectivity index (χ1v) is 9.75. The first kappa shape index (κ1) is 20.8. The van der Waals surface area contributed by atoms with Gasteiger partial charge in [-0.15, -0.1) is 0 Å². The normalized spacial score (nSPS) is 12.3. The van der Waals surface area contributed by atoms with Crippen LogP contribution >= 0.6 is 0 Å². The molecule has 0 atom stereocenters. The van der Waals surface area contributed by atoms with E-state index in [9.17, 15) is 19.2 Å². The summed E-state index contributed by atoms with van der Waals surface area (Å²) < 4.78 is 10.6. The van der Waals surface area contributed by atoms with Gasteiger partial charge in [0.05, 0.1) is 11.1 Å². The molecule has 3 aromatic rings. The summed E-state index contributed by atoms with van der Waals surface area (Å²) in [6, 6.07) is 22.2. The number of ether oxygens (including phenoxy) is 2. The number of rotatable bonds is 7. The van der Waals surface area contributed by atoms with E-state index >= 15 is 0 Å². The molecule has 0 saturated carbocycles. The van der Waals surface area contributed by atoms with Crippen molar-refractivity contribution in [2.24, 2.45) is 0 Å². The standard InChI is InChI=1S/C24H18N2O6/c27-21(25-16-7-6-10-18(13-16)32-17-8-2-1-3-9-17)15-31-22(28)14-26-23(29)19-11-4-5-12-20(19)24(26)30/h1-13H,14-15H2,(H,25,27). The minimum Gasteiger partial charge on any atom is -0.457 e. The number of carbonyl (C=O) groups is 4. The molecule has 0 aliphatic carbocycles. The molecule has 0 spiro atoms. The van der Waals surface area contributed by atoms with Crippen LogP contribution in [0.5, 0.6) is 11.5 Å². The Bertz CT molecular complexity index is 1160. The number of esters is 1. The third-order valence-corrected chi connectivity index (χ3v) is 4.63. The van der Waals surface area contributed by atoms with Crippen LogP contribution in [0.1, 0.15) is 20.7 Å². The van der Waals surface area contributed by atoms with Gasteiger partial charge < -0.3 is 14.8 Å². The highest BCUT2D eigenvalue weighted by molar-refractivity contribution is 6.22. The van der Waals surface area contributed by atoms with Crippen LogP contribution in [0.4, 0.5) is 5.69 Å². The Morgan fingerprint density at radius 1 is 0.781 bits per heavy atom. The molecule has 3 amide bonds. The highest BCUT2D eigenvalue weighted by Crippen LogP contribution is 2.24. The summed E-state index contributed by atoms with van der Waals surface area (Å²) in [5.74, 6) is -1.40. The maximum absolute atomic E-state index is 12.3. The first-order valence-electron chi connectivity index (χ1n) is 9.75. The van der Waals surface area contributed by atoms with Crippen LogP contribution < -0.4 is 10.1 Å². The van der Waals surface area contributed by atoms with Gasteiger partial charge >= 0.3 is 5.97 Å². The summed E-state index contributed by atoms with van der Waals surface area (Å²) in [4.78, 5) is 49.6. The largest absolute Gasteiger partial charge is 0.457 e. The molecule has 0 aromatic heterocycles. The molecule has 1 aliphatic rings. The van der Waals surface area contributed by atoms with Crippen molar-refractivity contribution in [3.8, 4) is 11.5 Å². The SMILES string of the molecule is O=C(COC(=O)CN1C(=O)c2ccccc2C1=O)Nc1cccc(Oc2ccccc2)c1. The van der Waals surface area contributed by atoms with E-state index in [1.165, 1.54) is 12.1 Å². The van der Waals surface area contributed by atoms with Crippen LogP contribution in [0.25, 0.3) is 0 Å². The second-order valence-corrected chi connectivity index (χ2v) is 6.89. The minimum atomic E-state index is -0.865. The molecule has 0 bridgehead atoms. The molecule has 32 heavy (non-hydrogen) atoms. The van der Waals surface area contributed by atoms with E-state index in [4.69, 9.17) is 9.47 Å². The van der Waals surface area contributed by atoms with Crippen molar-refractivity contribution in [1.29, 1.82) is 0 Å². The van der Waals surface area contributed by atoms with E-state index < -0.39 is 36.8 Å².